The summed E-state index contributed by atoms with van der Waals surface area (Å²) in [4.78, 5) is 30.8. The fraction of sp³-hybridized carbons (Fsp3) is 0.192. The highest BCUT2D eigenvalue weighted by molar-refractivity contribution is 6.08. The zero-order chi connectivity index (χ0) is 25.1. The minimum atomic E-state index is -0.717. The number of methoxy groups -OCH3 is 4. The van der Waals surface area contributed by atoms with Crippen LogP contribution < -0.4 is 19.8 Å². The lowest BCUT2D eigenvalue weighted by Crippen LogP contribution is -2.28. The summed E-state index contributed by atoms with van der Waals surface area (Å²) < 4.78 is 22.8. The highest BCUT2D eigenvalue weighted by Crippen LogP contribution is 2.44. The Balaban J connectivity index is 2.18. The van der Waals surface area contributed by atoms with Crippen LogP contribution in [0.15, 0.2) is 59.7 Å². The van der Waals surface area contributed by atoms with E-state index in [4.69, 9.17) is 18.9 Å². The van der Waals surface area contributed by atoms with Crippen LogP contribution in [0.2, 0.25) is 0 Å². The molecule has 180 valence electrons. The van der Waals surface area contributed by atoms with Gasteiger partial charge in [0.15, 0.2) is 11.5 Å². The summed E-state index contributed by atoms with van der Waals surface area (Å²) in [6.45, 7) is 0.0491. The maximum absolute atomic E-state index is 13.6. The zero-order valence-corrected chi connectivity index (χ0v) is 19.7. The van der Waals surface area contributed by atoms with Crippen LogP contribution >= 0.6 is 0 Å². The summed E-state index contributed by atoms with van der Waals surface area (Å²) in [6, 6.07) is 11.5. The van der Waals surface area contributed by atoms with E-state index in [2.05, 4.69) is 4.98 Å². The van der Waals surface area contributed by atoms with Gasteiger partial charge in [0.05, 0.1) is 40.4 Å². The molecule has 2 aromatic carbocycles. The van der Waals surface area contributed by atoms with Crippen molar-refractivity contribution < 1.29 is 28.8 Å². The van der Waals surface area contributed by atoms with E-state index in [1.807, 2.05) is 0 Å². The van der Waals surface area contributed by atoms with Crippen LogP contribution in [0.25, 0.3) is 21.9 Å². The van der Waals surface area contributed by atoms with Gasteiger partial charge in [0.25, 0.3) is 5.56 Å². The van der Waals surface area contributed by atoms with Gasteiger partial charge in [-0.2, -0.15) is 0 Å². The molecule has 0 aliphatic heterocycles. The summed E-state index contributed by atoms with van der Waals surface area (Å²) in [5.74, 6) is 0.164. The minimum Gasteiger partial charge on any atom is -0.507 e. The molecule has 0 bridgehead atoms. The van der Waals surface area contributed by atoms with Crippen molar-refractivity contribution in [3.8, 4) is 34.1 Å². The molecular weight excluding hydrogens is 452 g/mol. The predicted octanol–water partition coefficient (Wildman–Crippen LogP) is 3.63. The highest BCUT2D eigenvalue weighted by atomic mass is 16.5. The Hall–Kier alpha value is -4.53. The predicted molar refractivity (Wildman–Crippen MR) is 130 cm³/mol. The number of rotatable bonds is 7. The first-order valence-corrected chi connectivity index (χ1v) is 10.6. The quantitative estimate of drug-likeness (QED) is 0.403. The molecule has 0 radical (unpaired) electrons. The van der Waals surface area contributed by atoms with E-state index in [-0.39, 0.29) is 23.4 Å². The number of aromatic hydroxyl groups is 1. The SMILES string of the molecule is COC(=O)c1c(-c2cc(OC)c(OC)c(OC)c2)c2cccc(O)c2c(=O)n1Cc1ccncc1. The lowest BCUT2D eigenvalue weighted by molar-refractivity contribution is 0.0588. The van der Waals surface area contributed by atoms with Crippen LogP contribution in [0.5, 0.6) is 23.0 Å². The number of fused-ring (bicyclic) bond motifs is 1. The van der Waals surface area contributed by atoms with Crippen LogP contribution in [0, 0.1) is 0 Å². The Morgan fingerprint density at radius 1 is 0.971 bits per heavy atom. The van der Waals surface area contributed by atoms with Crippen molar-refractivity contribution in [2.75, 3.05) is 28.4 Å². The Bertz CT molecular complexity index is 1440. The van der Waals surface area contributed by atoms with Crippen molar-refractivity contribution in [1.29, 1.82) is 0 Å². The maximum atomic E-state index is 13.6. The van der Waals surface area contributed by atoms with E-state index in [1.54, 1.807) is 48.8 Å². The molecule has 35 heavy (non-hydrogen) atoms. The van der Waals surface area contributed by atoms with Crippen LogP contribution in [0.3, 0.4) is 0 Å². The largest absolute Gasteiger partial charge is 0.507 e. The first kappa shape index (κ1) is 23.6. The van der Waals surface area contributed by atoms with Gasteiger partial charge in [-0.1, -0.05) is 12.1 Å². The number of carbonyl (C=O) groups excluding carboxylic acids is 1. The smallest absolute Gasteiger partial charge is 0.355 e. The third-order valence-electron chi connectivity index (χ3n) is 5.70. The number of hydrogen-bond acceptors (Lipinski definition) is 8. The van der Waals surface area contributed by atoms with Crippen molar-refractivity contribution in [2.24, 2.45) is 0 Å². The van der Waals surface area contributed by atoms with Crippen LogP contribution in [-0.2, 0) is 11.3 Å². The van der Waals surface area contributed by atoms with Crippen molar-refractivity contribution in [1.82, 2.24) is 9.55 Å². The number of pyridine rings is 2. The van der Waals surface area contributed by atoms with Gasteiger partial charge < -0.3 is 24.1 Å². The summed E-state index contributed by atoms with van der Waals surface area (Å²) in [5, 5.41) is 11.1. The van der Waals surface area contributed by atoms with Crippen LogP contribution in [0.4, 0.5) is 0 Å². The summed E-state index contributed by atoms with van der Waals surface area (Å²) in [7, 11) is 5.70. The molecule has 2 aromatic heterocycles. The van der Waals surface area contributed by atoms with Gasteiger partial charge in [0.1, 0.15) is 11.4 Å². The Kier molecular flexibility index (Phi) is 6.59. The van der Waals surface area contributed by atoms with E-state index in [0.717, 1.165) is 5.56 Å². The third kappa shape index (κ3) is 4.12. The number of phenolic OH excluding ortho intramolecular Hbond substituents is 1. The van der Waals surface area contributed by atoms with Crippen LogP contribution in [0.1, 0.15) is 16.1 Å². The second-order valence-corrected chi connectivity index (χ2v) is 7.58. The molecule has 4 rings (SSSR count). The molecule has 0 atom stereocenters. The molecule has 0 saturated carbocycles. The van der Waals surface area contributed by atoms with Crippen molar-refractivity contribution in [3.63, 3.8) is 0 Å². The number of carbonyl (C=O) groups is 1. The minimum absolute atomic E-state index is 0.0154. The molecule has 9 heteroatoms. The summed E-state index contributed by atoms with van der Waals surface area (Å²) in [6.07, 6.45) is 3.19. The van der Waals surface area contributed by atoms with Gasteiger partial charge in [-0.25, -0.2) is 4.79 Å². The van der Waals surface area contributed by atoms with E-state index < -0.39 is 11.5 Å². The van der Waals surface area contributed by atoms with E-state index in [0.29, 0.717) is 33.8 Å². The number of benzene rings is 2. The first-order chi connectivity index (χ1) is 16.9. The molecule has 1 N–H and O–H groups in total. The zero-order valence-electron chi connectivity index (χ0n) is 19.7. The lowest BCUT2D eigenvalue weighted by atomic mass is 9.95. The van der Waals surface area contributed by atoms with Gasteiger partial charge in [-0.3, -0.25) is 14.3 Å². The number of aromatic nitrogens is 2. The molecule has 0 aliphatic carbocycles. The number of ether oxygens (including phenoxy) is 4. The second kappa shape index (κ2) is 9.76. The maximum Gasteiger partial charge on any atom is 0.355 e. The first-order valence-electron chi connectivity index (χ1n) is 10.6. The monoisotopic (exact) mass is 476 g/mol. The van der Waals surface area contributed by atoms with Gasteiger partial charge >= 0.3 is 5.97 Å². The molecule has 0 spiro atoms. The molecule has 4 aromatic rings. The Labute approximate surface area is 201 Å². The summed E-state index contributed by atoms with van der Waals surface area (Å²) in [5.41, 5.74) is 1.08. The number of esters is 1. The number of hydrogen-bond donors (Lipinski definition) is 1. The normalized spacial score (nSPS) is 10.7. The van der Waals surface area contributed by atoms with Gasteiger partial charge in [-0.05, 0) is 41.5 Å². The van der Waals surface area contributed by atoms with Gasteiger partial charge in [0.2, 0.25) is 5.75 Å². The summed E-state index contributed by atoms with van der Waals surface area (Å²) >= 11 is 0. The number of nitrogens with zero attached hydrogens (tertiary/aromatic N) is 2. The molecule has 9 nitrogen and oxygen atoms in total. The molecule has 0 fully saturated rings. The van der Waals surface area contributed by atoms with Gasteiger partial charge in [0, 0.05) is 23.3 Å². The van der Waals surface area contributed by atoms with Crippen molar-refractivity contribution >= 4 is 16.7 Å². The van der Waals surface area contributed by atoms with Gasteiger partial charge in [-0.15, -0.1) is 0 Å². The fourth-order valence-electron chi connectivity index (χ4n) is 4.12. The molecule has 0 unspecified atom stereocenters. The second-order valence-electron chi connectivity index (χ2n) is 7.58. The molecular formula is C26H24N2O7. The van der Waals surface area contributed by atoms with E-state index in [9.17, 15) is 14.7 Å². The average Bonchev–Trinajstić information content (AvgIpc) is 2.89. The van der Waals surface area contributed by atoms with E-state index in [1.165, 1.54) is 39.1 Å². The standard InChI is InChI=1S/C26H24N2O7/c1-32-19-12-16(13-20(33-2)24(19)34-3)21-17-6-5-7-18(29)22(17)25(30)28(23(21)26(31)35-4)14-15-8-10-27-11-9-15/h5-13,29H,14H2,1-4H3. The topological polar surface area (TPSA) is 109 Å². The molecule has 0 aliphatic rings. The van der Waals surface area contributed by atoms with Crippen molar-refractivity contribution in [3.05, 3.63) is 76.5 Å². The number of phenols is 1. The van der Waals surface area contributed by atoms with E-state index >= 15 is 0 Å². The van der Waals surface area contributed by atoms with Crippen molar-refractivity contribution in [2.45, 2.75) is 6.54 Å². The Morgan fingerprint density at radius 3 is 2.20 bits per heavy atom. The lowest BCUT2D eigenvalue weighted by Gasteiger charge is -2.20. The molecule has 0 amide bonds. The highest BCUT2D eigenvalue weighted by Gasteiger charge is 2.27. The molecule has 2 heterocycles. The average molecular weight is 476 g/mol. The Morgan fingerprint density at radius 2 is 1.63 bits per heavy atom. The fourth-order valence-corrected chi connectivity index (χ4v) is 4.12. The third-order valence-corrected chi connectivity index (χ3v) is 5.70. The van der Waals surface area contributed by atoms with Crippen LogP contribution in [-0.4, -0.2) is 49.1 Å². The molecule has 0 saturated heterocycles.